The van der Waals surface area contributed by atoms with Crippen molar-refractivity contribution in [3.05, 3.63) is 71.6 Å². The van der Waals surface area contributed by atoms with Gasteiger partial charge in [0.2, 0.25) is 5.89 Å². The van der Waals surface area contributed by atoms with Crippen LogP contribution in [0.3, 0.4) is 0 Å². The summed E-state index contributed by atoms with van der Waals surface area (Å²) in [6.07, 6.45) is 0. The minimum Gasteiger partial charge on any atom is -0.410 e. The van der Waals surface area contributed by atoms with Crippen molar-refractivity contribution in [2.24, 2.45) is 0 Å². The standard InChI is InChI=1S/C17H12N2O/c1-13-7-10-15(11-8-13)17-19-18-16(20-17)12-9-14-5-3-2-4-6-14/h2-8,10-11H,1H3. The molecule has 0 amide bonds. The van der Waals surface area contributed by atoms with Crippen LogP contribution in [-0.4, -0.2) is 10.2 Å². The monoisotopic (exact) mass is 260 g/mol. The topological polar surface area (TPSA) is 38.9 Å². The highest BCUT2D eigenvalue weighted by Crippen LogP contribution is 2.17. The Morgan fingerprint density at radius 3 is 2.35 bits per heavy atom. The van der Waals surface area contributed by atoms with E-state index in [1.54, 1.807) is 0 Å². The van der Waals surface area contributed by atoms with Crippen molar-refractivity contribution in [3.8, 4) is 23.3 Å². The third kappa shape index (κ3) is 2.76. The Morgan fingerprint density at radius 1 is 0.850 bits per heavy atom. The van der Waals surface area contributed by atoms with E-state index >= 15 is 0 Å². The summed E-state index contributed by atoms with van der Waals surface area (Å²) in [5, 5.41) is 7.95. The fourth-order valence-corrected chi connectivity index (χ4v) is 1.73. The molecule has 1 heterocycles. The summed E-state index contributed by atoms with van der Waals surface area (Å²) in [5.41, 5.74) is 3.01. The zero-order valence-electron chi connectivity index (χ0n) is 11.0. The Kier molecular flexibility index (Phi) is 3.30. The Balaban J connectivity index is 1.84. The van der Waals surface area contributed by atoms with Gasteiger partial charge in [0.1, 0.15) is 0 Å². The molecular formula is C17H12N2O. The number of hydrogen-bond acceptors (Lipinski definition) is 3. The lowest BCUT2D eigenvalue weighted by molar-refractivity contribution is 0.555. The third-order valence-electron chi connectivity index (χ3n) is 2.81. The average molecular weight is 260 g/mol. The van der Waals surface area contributed by atoms with Crippen LogP contribution in [0.4, 0.5) is 0 Å². The largest absolute Gasteiger partial charge is 0.410 e. The van der Waals surface area contributed by atoms with Gasteiger partial charge in [-0.15, -0.1) is 5.10 Å². The first-order valence-electron chi connectivity index (χ1n) is 6.29. The summed E-state index contributed by atoms with van der Waals surface area (Å²) >= 11 is 0. The lowest BCUT2D eigenvalue weighted by Gasteiger charge is -1.94. The van der Waals surface area contributed by atoms with Gasteiger partial charge in [-0.25, -0.2) is 0 Å². The minimum atomic E-state index is 0.324. The second-order valence-electron chi connectivity index (χ2n) is 4.39. The third-order valence-corrected chi connectivity index (χ3v) is 2.81. The molecular weight excluding hydrogens is 248 g/mol. The summed E-state index contributed by atoms with van der Waals surface area (Å²) < 4.78 is 5.54. The highest BCUT2D eigenvalue weighted by Gasteiger charge is 2.06. The molecule has 0 N–H and O–H groups in total. The van der Waals surface area contributed by atoms with Crippen molar-refractivity contribution in [1.29, 1.82) is 0 Å². The summed E-state index contributed by atoms with van der Waals surface area (Å²) in [7, 11) is 0. The maximum atomic E-state index is 5.54. The van der Waals surface area contributed by atoms with E-state index < -0.39 is 0 Å². The Hall–Kier alpha value is -2.86. The molecule has 0 atom stereocenters. The summed E-state index contributed by atoms with van der Waals surface area (Å²) in [5.74, 6) is 6.67. The molecule has 0 bridgehead atoms. The second-order valence-corrected chi connectivity index (χ2v) is 4.39. The number of hydrogen-bond donors (Lipinski definition) is 0. The van der Waals surface area contributed by atoms with E-state index in [4.69, 9.17) is 4.42 Å². The number of aromatic nitrogens is 2. The molecule has 3 aromatic rings. The van der Waals surface area contributed by atoms with Gasteiger partial charge in [0.25, 0.3) is 5.89 Å². The predicted molar refractivity (Wildman–Crippen MR) is 76.9 cm³/mol. The fourth-order valence-electron chi connectivity index (χ4n) is 1.73. The molecule has 1 aromatic heterocycles. The van der Waals surface area contributed by atoms with Crippen molar-refractivity contribution >= 4 is 0 Å². The molecule has 3 nitrogen and oxygen atoms in total. The molecule has 2 aromatic carbocycles. The molecule has 3 heteroatoms. The van der Waals surface area contributed by atoms with Crippen LogP contribution in [0.25, 0.3) is 11.5 Å². The van der Waals surface area contributed by atoms with E-state index in [1.165, 1.54) is 5.56 Å². The predicted octanol–water partition coefficient (Wildman–Crippen LogP) is 3.44. The first-order chi connectivity index (χ1) is 9.81. The Labute approximate surface area is 117 Å². The molecule has 0 aliphatic heterocycles. The van der Waals surface area contributed by atoms with Crippen LogP contribution in [0.2, 0.25) is 0 Å². The van der Waals surface area contributed by atoms with Crippen molar-refractivity contribution in [2.45, 2.75) is 6.92 Å². The van der Waals surface area contributed by atoms with Gasteiger partial charge in [0.15, 0.2) is 0 Å². The zero-order chi connectivity index (χ0) is 13.8. The van der Waals surface area contributed by atoms with Gasteiger partial charge in [-0.05, 0) is 37.1 Å². The van der Waals surface area contributed by atoms with Crippen molar-refractivity contribution < 1.29 is 4.42 Å². The number of aryl methyl sites for hydroxylation is 1. The number of benzene rings is 2. The van der Waals surface area contributed by atoms with Gasteiger partial charge in [-0.3, -0.25) is 0 Å². The highest BCUT2D eigenvalue weighted by atomic mass is 16.4. The van der Waals surface area contributed by atoms with Crippen LogP contribution in [0.5, 0.6) is 0 Å². The van der Waals surface area contributed by atoms with Crippen LogP contribution in [0, 0.1) is 18.8 Å². The quantitative estimate of drug-likeness (QED) is 0.629. The summed E-state index contributed by atoms with van der Waals surface area (Å²) in [4.78, 5) is 0. The molecule has 0 aliphatic rings. The molecule has 0 spiro atoms. The lowest BCUT2D eigenvalue weighted by Crippen LogP contribution is -1.78. The van der Waals surface area contributed by atoms with Gasteiger partial charge in [0, 0.05) is 11.1 Å². The number of rotatable bonds is 1. The normalized spacial score (nSPS) is 9.85. The first-order valence-corrected chi connectivity index (χ1v) is 6.29. The van der Waals surface area contributed by atoms with E-state index in [-0.39, 0.29) is 0 Å². The van der Waals surface area contributed by atoms with Crippen LogP contribution in [0.15, 0.2) is 59.0 Å². The number of nitrogens with zero attached hydrogens (tertiary/aromatic N) is 2. The van der Waals surface area contributed by atoms with Crippen molar-refractivity contribution in [3.63, 3.8) is 0 Å². The molecule has 0 radical (unpaired) electrons. The molecule has 3 rings (SSSR count). The fraction of sp³-hybridized carbons (Fsp3) is 0.0588. The summed E-state index contributed by atoms with van der Waals surface area (Å²) in [6, 6.07) is 17.6. The van der Waals surface area contributed by atoms with Gasteiger partial charge in [-0.2, -0.15) is 0 Å². The maximum absolute atomic E-state index is 5.54. The van der Waals surface area contributed by atoms with E-state index in [9.17, 15) is 0 Å². The van der Waals surface area contributed by atoms with Crippen LogP contribution in [-0.2, 0) is 0 Å². The Morgan fingerprint density at radius 2 is 1.60 bits per heavy atom. The molecule has 20 heavy (non-hydrogen) atoms. The SMILES string of the molecule is Cc1ccc(-c2nnc(C#Cc3ccccc3)o2)cc1. The minimum absolute atomic E-state index is 0.324. The van der Waals surface area contributed by atoms with Crippen molar-refractivity contribution in [1.82, 2.24) is 10.2 Å². The maximum Gasteiger partial charge on any atom is 0.294 e. The average Bonchev–Trinajstić information content (AvgIpc) is 2.96. The molecule has 0 fully saturated rings. The lowest BCUT2D eigenvalue weighted by atomic mass is 10.1. The van der Waals surface area contributed by atoms with Crippen LogP contribution < -0.4 is 0 Å². The summed E-state index contributed by atoms with van der Waals surface area (Å²) in [6.45, 7) is 2.04. The van der Waals surface area contributed by atoms with Gasteiger partial charge in [0.05, 0.1) is 0 Å². The van der Waals surface area contributed by atoms with Crippen LogP contribution in [0.1, 0.15) is 17.0 Å². The van der Waals surface area contributed by atoms with Gasteiger partial charge in [-0.1, -0.05) is 46.9 Å². The molecule has 0 unspecified atom stereocenters. The van der Waals surface area contributed by atoms with Gasteiger partial charge >= 0.3 is 0 Å². The van der Waals surface area contributed by atoms with E-state index in [2.05, 4.69) is 22.0 Å². The van der Waals surface area contributed by atoms with Crippen molar-refractivity contribution in [2.75, 3.05) is 0 Å². The first kappa shape index (κ1) is 12.2. The van der Waals surface area contributed by atoms with Gasteiger partial charge < -0.3 is 4.42 Å². The highest BCUT2D eigenvalue weighted by molar-refractivity contribution is 5.53. The van der Waals surface area contributed by atoms with E-state index in [0.29, 0.717) is 11.8 Å². The molecule has 0 saturated heterocycles. The Bertz CT molecular complexity index is 762. The van der Waals surface area contributed by atoms with Crippen LogP contribution >= 0.6 is 0 Å². The van der Waals surface area contributed by atoms with E-state index in [1.807, 2.05) is 61.5 Å². The second kappa shape index (κ2) is 5.41. The molecule has 96 valence electrons. The van der Waals surface area contributed by atoms with E-state index in [0.717, 1.165) is 11.1 Å². The molecule has 0 aliphatic carbocycles. The zero-order valence-corrected chi connectivity index (χ0v) is 11.0. The molecule has 0 saturated carbocycles. The smallest absolute Gasteiger partial charge is 0.294 e.